The van der Waals surface area contributed by atoms with Crippen LogP contribution >= 0.6 is 0 Å². The van der Waals surface area contributed by atoms with Crippen LogP contribution in [0.4, 0.5) is 0 Å². The summed E-state index contributed by atoms with van der Waals surface area (Å²) >= 11 is 0. The van der Waals surface area contributed by atoms with Crippen molar-refractivity contribution in [1.82, 2.24) is 9.97 Å². The summed E-state index contributed by atoms with van der Waals surface area (Å²) in [7, 11) is 0. The molecule has 98 valence electrons. The second-order valence-corrected chi connectivity index (χ2v) is 4.47. The van der Waals surface area contributed by atoms with Gasteiger partial charge in [-0.3, -0.25) is 4.79 Å². The topological polar surface area (TPSA) is 68.9 Å². The number of hydrogen-bond donors (Lipinski definition) is 1. The molecule has 0 saturated carbocycles. The predicted molar refractivity (Wildman–Crippen MR) is 78.3 cm³/mol. The Morgan fingerprint density at radius 1 is 1.00 bits per heavy atom. The first-order valence-corrected chi connectivity index (χ1v) is 6.33. The van der Waals surface area contributed by atoms with Gasteiger partial charge in [-0.2, -0.15) is 0 Å². The molecule has 0 bridgehead atoms. The summed E-state index contributed by atoms with van der Waals surface area (Å²) in [6.07, 6.45) is 0.766. The fourth-order valence-corrected chi connectivity index (χ4v) is 2.11. The quantitative estimate of drug-likeness (QED) is 0.737. The molecule has 4 heteroatoms. The molecule has 3 rings (SSSR count). The van der Waals surface area contributed by atoms with Gasteiger partial charge in [-0.1, -0.05) is 42.5 Å². The number of aromatic nitrogens is 2. The van der Waals surface area contributed by atoms with Crippen molar-refractivity contribution in [3.8, 4) is 11.4 Å². The summed E-state index contributed by atoms with van der Waals surface area (Å²) in [6, 6.07) is 15.2. The lowest BCUT2D eigenvalue weighted by molar-refractivity contribution is 0.112. The molecule has 0 amide bonds. The number of nitrogens with two attached hydrogens (primary N) is 1. The van der Waals surface area contributed by atoms with Crippen molar-refractivity contribution >= 4 is 17.2 Å². The van der Waals surface area contributed by atoms with Gasteiger partial charge < -0.3 is 5.73 Å². The highest BCUT2D eigenvalue weighted by atomic mass is 16.1. The van der Waals surface area contributed by atoms with Gasteiger partial charge in [-0.25, -0.2) is 9.97 Å². The second-order valence-electron chi connectivity index (χ2n) is 4.47. The van der Waals surface area contributed by atoms with E-state index in [0.717, 1.165) is 28.3 Å². The molecule has 20 heavy (non-hydrogen) atoms. The molecule has 0 spiro atoms. The number of aldehydes is 1. The van der Waals surface area contributed by atoms with Crippen LogP contribution in [0.5, 0.6) is 0 Å². The lowest BCUT2D eigenvalue weighted by atomic mass is 10.1. The number of fused-ring (bicyclic) bond motifs is 1. The molecule has 0 saturated heterocycles. The van der Waals surface area contributed by atoms with E-state index in [1.54, 1.807) is 0 Å². The van der Waals surface area contributed by atoms with Gasteiger partial charge in [-0.15, -0.1) is 0 Å². The number of nitrogens with zero attached hydrogens (tertiary/aromatic N) is 2. The Morgan fingerprint density at radius 3 is 2.45 bits per heavy atom. The maximum atomic E-state index is 11.2. The van der Waals surface area contributed by atoms with Crippen LogP contribution in [0.1, 0.15) is 16.1 Å². The van der Waals surface area contributed by atoms with E-state index >= 15 is 0 Å². The van der Waals surface area contributed by atoms with Crippen LogP contribution in [0.2, 0.25) is 0 Å². The predicted octanol–water partition coefficient (Wildman–Crippen LogP) is 2.57. The molecule has 0 unspecified atom stereocenters. The minimum absolute atomic E-state index is 0.411. The van der Waals surface area contributed by atoms with Gasteiger partial charge in [0.15, 0.2) is 12.1 Å². The fourth-order valence-electron chi connectivity index (χ4n) is 2.11. The normalized spacial score (nSPS) is 10.7. The van der Waals surface area contributed by atoms with Crippen LogP contribution in [0, 0.1) is 0 Å². The molecular formula is C16H13N3O. The van der Waals surface area contributed by atoms with Crippen LogP contribution in [-0.4, -0.2) is 16.3 Å². The first-order valence-electron chi connectivity index (χ1n) is 6.33. The fraction of sp³-hybridized carbons (Fsp3) is 0.0625. The van der Waals surface area contributed by atoms with Gasteiger partial charge in [0.2, 0.25) is 0 Å². The van der Waals surface area contributed by atoms with Gasteiger partial charge in [0.1, 0.15) is 5.69 Å². The minimum Gasteiger partial charge on any atom is -0.326 e. The van der Waals surface area contributed by atoms with E-state index in [1.807, 2.05) is 48.5 Å². The standard InChI is InChI=1S/C16H13N3O/c17-9-11-5-7-12(8-6-11)16-18-14-4-2-1-3-13(14)15(10-20)19-16/h1-8,10H,9,17H2. The number of hydrogen-bond acceptors (Lipinski definition) is 4. The molecule has 2 aromatic carbocycles. The third kappa shape index (κ3) is 2.17. The number of rotatable bonds is 3. The van der Waals surface area contributed by atoms with Crippen molar-refractivity contribution in [2.24, 2.45) is 5.73 Å². The Balaban J connectivity index is 2.17. The van der Waals surface area contributed by atoms with Crippen LogP contribution in [0.3, 0.4) is 0 Å². The zero-order valence-corrected chi connectivity index (χ0v) is 10.8. The van der Waals surface area contributed by atoms with Crippen LogP contribution in [0.15, 0.2) is 48.5 Å². The van der Waals surface area contributed by atoms with Crippen molar-refractivity contribution in [3.63, 3.8) is 0 Å². The van der Waals surface area contributed by atoms with Crippen molar-refractivity contribution < 1.29 is 4.79 Å². The van der Waals surface area contributed by atoms with E-state index in [0.29, 0.717) is 18.1 Å². The zero-order valence-electron chi connectivity index (χ0n) is 10.8. The Morgan fingerprint density at radius 2 is 1.75 bits per heavy atom. The monoisotopic (exact) mass is 263 g/mol. The number of benzene rings is 2. The molecule has 1 aromatic heterocycles. The molecule has 3 aromatic rings. The van der Waals surface area contributed by atoms with Gasteiger partial charge in [0.05, 0.1) is 5.52 Å². The van der Waals surface area contributed by atoms with E-state index in [9.17, 15) is 4.79 Å². The summed E-state index contributed by atoms with van der Waals surface area (Å²) < 4.78 is 0. The lowest BCUT2D eigenvalue weighted by Crippen LogP contribution is -1.98. The Labute approximate surface area is 116 Å². The zero-order chi connectivity index (χ0) is 13.9. The average Bonchev–Trinajstić information content (AvgIpc) is 2.54. The van der Waals surface area contributed by atoms with Crippen molar-refractivity contribution in [2.75, 3.05) is 0 Å². The Bertz CT molecular complexity index is 766. The van der Waals surface area contributed by atoms with E-state index in [-0.39, 0.29) is 0 Å². The molecule has 0 aliphatic carbocycles. The van der Waals surface area contributed by atoms with Gasteiger partial charge in [0, 0.05) is 17.5 Å². The molecule has 4 nitrogen and oxygen atoms in total. The maximum Gasteiger partial charge on any atom is 0.169 e. The smallest absolute Gasteiger partial charge is 0.169 e. The van der Waals surface area contributed by atoms with Crippen molar-refractivity contribution in [1.29, 1.82) is 0 Å². The first-order chi connectivity index (χ1) is 9.81. The number of carbonyl (C=O) groups is 1. The van der Waals surface area contributed by atoms with Crippen molar-refractivity contribution in [2.45, 2.75) is 6.54 Å². The van der Waals surface area contributed by atoms with E-state index in [2.05, 4.69) is 9.97 Å². The van der Waals surface area contributed by atoms with Gasteiger partial charge in [-0.05, 0) is 11.6 Å². The average molecular weight is 263 g/mol. The number of carbonyl (C=O) groups excluding carboxylic acids is 1. The van der Waals surface area contributed by atoms with Crippen LogP contribution < -0.4 is 5.73 Å². The van der Waals surface area contributed by atoms with E-state index in [4.69, 9.17) is 5.73 Å². The molecule has 0 atom stereocenters. The van der Waals surface area contributed by atoms with E-state index < -0.39 is 0 Å². The highest BCUT2D eigenvalue weighted by Crippen LogP contribution is 2.21. The van der Waals surface area contributed by atoms with Gasteiger partial charge >= 0.3 is 0 Å². The lowest BCUT2D eigenvalue weighted by Gasteiger charge is -2.05. The SMILES string of the molecule is NCc1ccc(-c2nc(C=O)c3ccccc3n2)cc1. The third-order valence-corrected chi connectivity index (χ3v) is 3.19. The summed E-state index contributed by atoms with van der Waals surface area (Å²) in [5, 5.41) is 0.768. The molecule has 0 radical (unpaired) electrons. The van der Waals surface area contributed by atoms with Crippen LogP contribution in [0.25, 0.3) is 22.3 Å². The highest BCUT2D eigenvalue weighted by molar-refractivity contribution is 5.95. The number of para-hydroxylation sites is 1. The highest BCUT2D eigenvalue weighted by Gasteiger charge is 2.08. The van der Waals surface area contributed by atoms with Crippen molar-refractivity contribution in [3.05, 3.63) is 59.8 Å². The molecule has 1 heterocycles. The van der Waals surface area contributed by atoms with E-state index in [1.165, 1.54) is 0 Å². The molecule has 2 N–H and O–H groups in total. The third-order valence-electron chi connectivity index (χ3n) is 3.19. The summed E-state index contributed by atoms with van der Waals surface area (Å²) in [6.45, 7) is 0.498. The maximum absolute atomic E-state index is 11.2. The minimum atomic E-state index is 0.411. The molecular weight excluding hydrogens is 250 g/mol. The summed E-state index contributed by atoms with van der Waals surface area (Å²) in [5.74, 6) is 0.550. The molecule has 0 fully saturated rings. The second kappa shape index (κ2) is 5.19. The van der Waals surface area contributed by atoms with Crippen LogP contribution in [-0.2, 0) is 6.54 Å². The Hall–Kier alpha value is -2.59. The summed E-state index contributed by atoms with van der Waals surface area (Å²) in [5.41, 5.74) is 8.68. The summed E-state index contributed by atoms with van der Waals surface area (Å²) in [4.78, 5) is 20.0. The molecule has 0 aliphatic heterocycles. The largest absolute Gasteiger partial charge is 0.326 e. The first kappa shape index (κ1) is 12.4. The van der Waals surface area contributed by atoms with Gasteiger partial charge in [0.25, 0.3) is 0 Å². The Kier molecular flexibility index (Phi) is 3.23. The molecule has 0 aliphatic rings.